The minimum atomic E-state index is -0.264. The van der Waals surface area contributed by atoms with Gasteiger partial charge in [0.1, 0.15) is 0 Å². The van der Waals surface area contributed by atoms with Crippen LogP contribution in [-0.4, -0.2) is 29.3 Å². The normalized spacial score (nSPS) is 14.2. The minimum Gasteiger partial charge on any atom is -0.490 e. The first kappa shape index (κ1) is 27.4. The number of thiocarbonyl (C=S) groups is 1. The molecule has 6 nitrogen and oxygen atoms in total. The van der Waals surface area contributed by atoms with Crippen LogP contribution in [0, 0.1) is 27.7 Å². The molecule has 8 heteroatoms. The molecule has 3 aromatic carbocycles. The van der Waals surface area contributed by atoms with Gasteiger partial charge in [0.25, 0.3) is 11.8 Å². The van der Waals surface area contributed by atoms with Crippen LogP contribution in [-0.2, 0) is 9.59 Å². The van der Waals surface area contributed by atoms with Crippen LogP contribution in [0.2, 0.25) is 0 Å². The fourth-order valence-electron chi connectivity index (χ4n) is 3.92. The average molecular weight is 547 g/mol. The first-order valence-corrected chi connectivity index (χ1v) is 13.5. The number of ether oxygens (including phenoxy) is 2. The molecule has 0 aromatic heterocycles. The predicted molar refractivity (Wildman–Crippen MR) is 159 cm³/mol. The Bertz CT molecular complexity index is 1450. The van der Waals surface area contributed by atoms with E-state index in [9.17, 15) is 9.59 Å². The Morgan fingerprint density at radius 3 is 2.50 bits per heavy atom. The molecule has 38 heavy (non-hydrogen) atoms. The third-order valence-electron chi connectivity index (χ3n) is 6.35. The van der Waals surface area contributed by atoms with Crippen LogP contribution in [0.3, 0.4) is 0 Å². The van der Waals surface area contributed by atoms with Crippen LogP contribution in [0.15, 0.2) is 59.5 Å². The molecule has 1 heterocycles. The molecule has 1 aliphatic heterocycles. The van der Waals surface area contributed by atoms with Gasteiger partial charge in [-0.2, -0.15) is 0 Å². The second kappa shape index (κ2) is 11.8. The Labute approximate surface area is 233 Å². The van der Waals surface area contributed by atoms with Gasteiger partial charge in [0.2, 0.25) is 0 Å². The quantitative estimate of drug-likeness (QED) is 0.249. The molecule has 0 unspecified atom stereocenters. The lowest BCUT2D eigenvalue weighted by atomic mass is 10.1. The first-order valence-electron chi connectivity index (χ1n) is 12.3. The van der Waals surface area contributed by atoms with Gasteiger partial charge in [-0.25, -0.2) is 0 Å². The molecule has 0 bridgehead atoms. The second-order valence-corrected chi connectivity index (χ2v) is 10.7. The van der Waals surface area contributed by atoms with E-state index >= 15 is 0 Å². The molecular weight excluding hydrogens is 516 g/mol. The lowest BCUT2D eigenvalue weighted by Crippen LogP contribution is -2.27. The summed E-state index contributed by atoms with van der Waals surface area (Å²) in [5.74, 6) is 0.512. The van der Waals surface area contributed by atoms with E-state index in [0.717, 1.165) is 39.2 Å². The molecule has 196 valence electrons. The van der Waals surface area contributed by atoms with Crippen LogP contribution in [0.5, 0.6) is 11.5 Å². The lowest BCUT2D eigenvalue weighted by Gasteiger charge is -2.16. The highest BCUT2D eigenvalue weighted by Crippen LogP contribution is 2.37. The number of anilines is 2. The van der Waals surface area contributed by atoms with Crippen molar-refractivity contribution in [2.24, 2.45) is 0 Å². The molecule has 1 N–H and O–H groups in total. The maximum Gasteiger partial charge on any atom is 0.270 e. The van der Waals surface area contributed by atoms with Crippen molar-refractivity contribution in [2.75, 3.05) is 23.4 Å². The topological polar surface area (TPSA) is 67.9 Å². The standard InChI is InChI=1S/C30H30N2O4S2/c1-6-35-26-15-22(11-13-25(26)36-17-28(33)31-24-9-7-8-19(3)21(24)5)16-27-29(34)32(30(37)38-27)23-12-10-18(2)20(4)14-23/h7-16H,6,17H2,1-5H3,(H,31,33)/b27-16-. The van der Waals surface area contributed by atoms with Crippen molar-refractivity contribution in [3.05, 3.63) is 87.3 Å². The van der Waals surface area contributed by atoms with Gasteiger partial charge in [-0.3, -0.25) is 14.5 Å². The van der Waals surface area contributed by atoms with Crippen molar-refractivity contribution in [3.63, 3.8) is 0 Å². The zero-order valence-electron chi connectivity index (χ0n) is 22.1. The Balaban J connectivity index is 1.49. The van der Waals surface area contributed by atoms with Crippen molar-refractivity contribution in [3.8, 4) is 11.5 Å². The van der Waals surface area contributed by atoms with Gasteiger partial charge in [0.15, 0.2) is 22.4 Å². The predicted octanol–water partition coefficient (Wildman–Crippen LogP) is 6.74. The van der Waals surface area contributed by atoms with Crippen LogP contribution < -0.4 is 19.7 Å². The monoisotopic (exact) mass is 546 g/mol. The molecular formula is C30H30N2O4S2. The Morgan fingerprint density at radius 1 is 0.974 bits per heavy atom. The van der Waals surface area contributed by atoms with Crippen molar-refractivity contribution in [2.45, 2.75) is 34.6 Å². The van der Waals surface area contributed by atoms with Crippen molar-refractivity contribution in [1.82, 2.24) is 0 Å². The molecule has 0 spiro atoms. The third-order valence-corrected chi connectivity index (χ3v) is 7.65. The number of rotatable bonds is 8. The molecule has 3 aromatic rings. The summed E-state index contributed by atoms with van der Waals surface area (Å²) in [5.41, 5.74) is 6.66. The summed E-state index contributed by atoms with van der Waals surface area (Å²) < 4.78 is 12.1. The Hall–Kier alpha value is -3.62. The summed E-state index contributed by atoms with van der Waals surface area (Å²) in [7, 11) is 0. The lowest BCUT2D eigenvalue weighted by molar-refractivity contribution is -0.118. The second-order valence-electron chi connectivity index (χ2n) is 9.01. The summed E-state index contributed by atoms with van der Waals surface area (Å²) in [6.07, 6.45) is 1.79. The third kappa shape index (κ3) is 6.09. The minimum absolute atomic E-state index is 0.162. The van der Waals surface area contributed by atoms with E-state index in [0.29, 0.717) is 27.3 Å². The molecule has 0 saturated carbocycles. The number of carbonyl (C=O) groups excluding carboxylic acids is 2. The smallest absolute Gasteiger partial charge is 0.270 e. The van der Waals surface area contributed by atoms with Crippen molar-refractivity contribution < 1.29 is 19.1 Å². The van der Waals surface area contributed by atoms with Crippen LogP contribution in [0.25, 0.3) is 6.08 Å². The van der Waals surface area contributed by atoms with Gasteiger partial charge < -0.3 is 14.8 Å². The van der Waals surface area contributed by atoms with E-state index in [2.05, 4.69) is 5.32 Å². The zero-order valence-corrected chi connectivity index (χ0v) is 23.7. The average Bonchev–Trinajstić information content (AvgIpc) is 3.16. The van der Waals surface area contributed by atoms with Crippen LogP contribution >= 0.6 is 24.0 Å². The molecule has 1 fully saturated rings. The fraction of sp³-hybridized carbons (Fsp3) is 0.233. The largest absolute Gasteiger partial charge is 0.490 e. The van der Waals surface area contributed by atoms with Crippen LogP contribution in [0.4, 0.5) is 11.4 Å². The number of nitrogens with zero attached hydrogens (tertiary/aromatic N) is 1. The Kier molecular flexibility index (Phi) is 8.54. The van der Waals surface area contributed by atoms with Gasteiger partial charge in [-0.1, -0.05) is 48.2 Å². The number of nitrogens with one attached hydrogen (secondary N) is 1. The van der Waals surface area contributed by atoms with E-state index in [-0.39, 0.29) is 18.4 Å². The van der Waals surface area contributed by atoms with E-state index < -0.39 is 0 Å². The van der Waals surface area contributed by atoms with Gasteiger partial charge in [-0.15, -0.1) is 0 Å². The number of hydrogen-bond acceptors (Lipinski definition) is 6. The summed E-state index contributed by atoms with van der Waals surface area (Å²) in [6, 6.07) is 17.0. The zero-order chi connectivity index (χ0) is 27.4. The van der Waals surface area contributed by atoms with Crippen LogP contribution in [0.1, 0.15) is 34.7 Å². The number of benzene rings is 3. The maximum atomic E-state index is 13.2. The maximum absolute atomic E-state index is 13.2. The van der Waals surface area contributed by atoms with Crippen molar-refractivity contribution >= 4 is 57.6 Å². The van der Waals surface area contributed by atoms with Gasteiger partial charge in [0.05, 0.1) is 17.2 Å². The molecule has 1 saturated heterocycles. The fourth-order valence-corrected chi connectivity index (χ4v) is 5.22. The van der Waals surface area contributed by atoms with E-state index in [1.807, 2.05) is 77.1 Å². The molecule has 2 amide bonds. The number of carbonyl (C=O) groups is 2. The van der Waals surface area contributed by atoms with Crippen molar-refractivity contribution in [1.29, 1.82) is 0 Å². The molecule has 0 radical (unpaired) electrons. The summed E-state index contributed by atoms with van der Waals surface area (Å²) in [6.45, 7) is 10.1. The van der Waals surface area contributed by atoms with Gasteiger partial charge in [-0.05, 0) is 98.8 Å². The SMILES string of the molecule is CCOc1cc(/C=C2\SC(=S)N(c3ccc(C)c(C)c3)C2=O)ccc1OCC(=O)Nc1cccc(C)c1C. The number of aryl methyl sites for hydroxylation is 3. The molecule has 1 aliphatic rings. The highest BCUT2D eigenvalue weighted by molar-refractivity contribution is 8.27. The highest BCUT2D eigenvalue weighted by atomic mass is 32.2. The Morgan fingerprint density at radius 2 is 1.76 bits per heavy atom. The summed E-state index contributed by atoms with van der Waals surface area (Å²) >= 11 is 6.79. The van der Waals surface area contributed by atoms with E-state index in [1.54, 1.807) is 23.1 Å². The number of hydrogen-bond donors (Lipinski definition) is 1. The summed E-state index contributed by atoms with van der Waals surface area (Å²) in [5, 5.41) is 2.89. The summed E-state index contributed by atoms with van der Waals surface area (Å²) in [4.78, 5) is 27.8. The molecule has 0 aliphatic carbocycles. The van der Waals surface area contributed by atoms with E-state index in [4.69, 9.17) is 21.7 Å². The highest BCUT2D eigenvalue weighted by Gasteiger charge is 2.33. The molecule has 0 atom stereocenters. The van der Waals surface area contributed by atoms with Gasteiger partial charge >= 0.3 is 0 Å². The van der Waals surface area contributed by atoms with Gasteiger partial charge in [0, 0.05) is 5.69 Å². The first-order chi connectivity index (χ1) is 18.2. The number of amides is 2. The molecule has 4 rings (SSSR count). The van der Waals surface area contributed by atoms with E-state index in [1.165, 1.54) is 11.8 Å². The number of thioether (sulfide) groups is 1.